The number of hydrogen-bond acceptors (Lipinski definition) is 4. The van der Waals surface area contributed by atoms with Crippen LogP contribution in [-0.4, -0.2) is 59.3 Å². The van der Waals surface area contributed by atoms with Crippen LogP contribution < -0.4 is 0 Å². The summed E-state index contributed by atoms with van der Waals surface area (Å²) < 4.78 is 0. The first-order chi connectivity index (χ1) is 7.51. The molecule has 1 rings (SSSR count). The largest absolute Gasteiger partial charge is 0.312 e. The first kappa shape index (κ1) is 12.6. The van der Waals surface area contributed by atoms with Crippen LogP contribution in [0.15, 0.2) is 0 Å². The molecule has 1 aliphatic rings. The van der Waals surface area contributed by atoms with E-state index in [-0.39, 0.29) is 30.9 Å². The highest BCUT2D eigenvalue weighted by molar-refractivity contribution is 5.86. The van der Waals surface area contributed by atoms with Gasteiger partial charge in [-0.1, -0.05) is 6.92 Å². The summed E-state index contributed by atoms with van der Waals surface area (Å²) >= 11 is 0. The maximum Gasteiger partial charge on any atom is 0.240 e. The molecule has 90 valence electrons. The van der Waals surface area contributed by atoms with Gasteiger partial charge in [0.1, 0.15) is 11.9 Å². The zero-order valence-electron chi connectivity index (χ0n) is 9.84. The van der Waals surface area contributed by atoms with Crippen LogP contribution >= 0.6 is 0 Å². The molecule has 2 amide bonds. The molecule has 0 radical (unpaired) electrons. The van der Waals surface area contributed by atoms with Gasteiger partial charge in [-0.3, -0.25) is 19.4 Å². The highest BCUT2D eigenvalue weighted by Gasteiger charge is 2.35. The van der Waals surface area contributed by atoms with Crippen molar-refractivity contribution in [1.82, 2.24) is 14.9 Å². The molecule has 0 bridgehead atoms. The van der Waals surface area contributed by atoms with Crippen molar-refractivity contribution in [1.29, 1.82) is 0 Å². The molecule has 1 unspecified atom stereocenters. The number of nitrogens with zero attached hydrogens (tertiary/aromatic N) is 3. The number of ketones is 1. The maximum absolute atomic E-state index is 11.8. The average Bonchev–Trinajstić information content (AvgIpc) is 2.20. The molecular weight excluding hydrogens is 210 g/mol. The van der Waals surface area contributed by atoms with Crippen LogP contribution in [0.1, 0.15) is 20.3 Å². The third-order valence-electron chi connectivity index (χ3n) is 2.61. The summed E-state index contributed by atoms with van der Waals surface area (Å²) in [4.78, 5) is 35.2. The lowest BCUT2D eigenvalue weighted by molar-refractivity contribution is -0.178. The number of carbonyl (C=O) groups is 3. The highest BCUT2D eigenvalue weighted by Crippen LogP contribution is 2.16. The van der Waals surface area contributed by atoms with Crippen molar-refractivity contribution >= 4 is 18.1 Å². The van der Waals surface area contributed by atoms with E-state index in [2.05, 4.69) is 0 Å². The van der Waals surface area contributed by atoms with Gasteiger partial charge in [-0.05, 0) is 13.3 Å². The standard InChI is InChI=1S/C10H17N3O3/c1-4-9-12(5-8(2)15)10(16)6-11(3)13(9)7-14/h7,9H,4-6H2,1-3H3. The topological polar surface area (TPSA) is 60.9 Å². The van der Waals surface area contributed by atoms with Gasteiger partial charge in [0, 0.05) is 7.05 Å². The molecule has 0 aliphatic carbocycles. The molecule has 0 spiro atoms. The maximum atomic E-state index is 11.8. The van der Waals surface area contributed by atoms with Gasteiger partial charge < -0.3 is 4.90 Å². The lowest BCUT2D eigenvalue weighted by Crippen LogP contribution is -2.64. The van der Waals surface area contributed by atoms with Crippen molar-refractivity contribution in [3.05, 3.63) is 0 Å². The zero-order chi connectivity index (χ0) is 12.3. The number of hydrogen-bond donors (Lipinski definition) is 0. The second kappa shape index (κ2) is 5.07. The van der Waals surface area contributed by atoms with Crippen molar-refractivity contribution in [3.63, 3.8) is 0 Å². The minimum absolute atomic E-state index is 0.0650. The van der Waals surface area contributed by atoms with Crippen molar-refractivity contribution in [2.24, 2.45) is 0 Å². The van der Waals surface area contributed by atoms with Crippen molar-refractivity contribution < 1.29 is 14.4 Å². The molecule has 0 aromatic heterocycles. The predicted octanol–water partition coefficient (Wildman–Crippen LogP) is -0.541. The summed E-state index contributed by atoms with van der Waals surface area (Å²) in [6, 6.07) is 0. The van der Waals surface area contributed by atoms with E-state index in [1.54, 1.807) is 12.1 Å². The summed E-state index contributed by atoms with van der Waals surface area (Å²) in [6.07, 6.45) is 0.934. The van der Waals surface area contributed by atoms with E-state index in [1.165, 1.54) is 16.8 Å². The smallest absolute Gasteiger partial charge is 0.240 e. The van der Waals surface area contributed by atoms with Crippen LogP contribution in [0.2, 0.25) is 0 Å². The quantitative estimate of drug-likeness (QED) is 0.605. The number of carbonyl (C=O) groups excluding carboxylic acids is 3. The molecule has 16 heavy (non-hydrogen) atoms. The van der Waals surface area contributed by atoms with Crippen LogP contribution in [0.25, 0.3) is 0 Å². The SMILES string of the molecule is CCC1N(CC(C)=O)C(=O)CN(C)N1C=O. The molecule has 1 aliphatic heterocycles. The summed E-state index contributed by atoms with van der Waals surface area (Å²) in [5.74, 6) is -0.204. The van der Waals surface area contributed by atoms with Gasteiger partial charge in [0.15, 0.2) is 0 Å². The van der Waals surface area contributed by atoms with Gasteiger partial charge in [0.2, 0.25) is 12.3 Å². The van der Waals surface area contributed by atoms with Gasteiger partial charge in [-0.25, -0.2) is 5.01 Å². The Morgan fingerprint density at radius 3 is 2.62 bits per heavy atom. The number of likely N-dealkylation sites (N-methyl/N-ethyl adjacent to an activating group) is 1. The molecule has 6 heteroatoms. The summed E-state index contributed by atoms with van der Waals surface area (Å²) in [7, 11) is 1.68. The highest BCUT2D eigenvalue weighted by atomic mass is 16.2. The van der Waals surface area contributed by atoms with E-state index in [0.29, 0.717) is 12.8 Å². The third kappa shape index (κ3) is 2.38. The fourth-order valence-corrected chi connectivity index (χ4v) is 1.90. The Morgan fingerprint density at radius 1 is 1.56 bits per heavy atom. The second-order valence-electron chi connectivity index (χ2n) is 3.91. The van der Waals surface area contributed by atoms with E-state index in [9.17, 15) is 14.4 Å². The number of rotatable bonds is 4. The predicted molar refractivity (Wildman–Crippen MR) is 57.0 cm³/mol. The Morgan fingerprint density at radius 2 is 2.19 bits per heavy atom. The Kier molecular flexibility index (Phi) is 4.00. The Bertz CT molecular complexity index is 306. The molecule has 1 heterocycles. The molecule has 1 atom stereocenters. The molecule has 0 saturated carbocycles. The Labute approximate surface area is 94.8 Å². The van der Waals surface area contributed by atoms with Gasteiger partial charge in [0.25, 0.3) is 0 Å². The third-order valence-corrected chi connectivity index (χ3v) is 2.61. The van der Waals surface area contributed by atoms with Crippen LogP contribution in [0.3, 0.4) is 0 Å². The van der Waals surface area contributed by atoms with Crippen molar-refractivity contribution in [2.75, 3.05) is 20.1 Å². The number of amides is 2. The number of hydrazine groups is 1. The molecule has 0 aromatic rings. The Hall–Kier alpha value is -1.43. The monoisotopic (exact) mass is 227 g/mol. The van der Waals surface area contributed by atoms with Gasteiger partial charge in [-0.15, -0.1) is 0 Å². The summed E-state index contributed by atoms with van der Waals surface area (Å²) in [5.41, 5.74) is 0. The van der Waals surface area contributed by atoms with Crippen LogP contribution in [-0.2, 0) is 14.4 Å². The lowest BCUT2D eigenvalue weighted by atomic mass is 10.2. The van der Waals surface area contributed by atoms with E-state index in [4.69, 9.17) is 0 Å². The second-order valence-corrected chi connectivity index (χ2v) is 3.91. The fourth-order valence-electron chi connectivity index (χ4n) is 1.90. The molecule has 0 N–H and O–H groups in total. The molecule has 1 fully saturated rings. The van der Waals surface area contributed by atoms with E-state index < -0.39 is 0 Å². The van der Waals surface area contributed by atoms with E-state index in [0.717, 1.165) is 0 Å². The lowest BCUT2D eigenvalue weighted by Gasteiger charge is -2.45. The molecule has 6 nitrogen and oxygen atoms in total. The van der Waals surface area contributed by atoms with Crippen molar-refractivity contribution in [3.8, 4) is 0 Å². The molecule has 0 aromatic carbocycles. The van der Waals surface area contributed by atoms with Crippen molar-refractivity contribution in [2.45, 2.75) is 26.4 Å². The fraction of sp³-hybridized carbons (Fsp3) is 0.700. The van der Waals surface area contributed by atoms with E-state index >= 15 is 0 Å². The average molecular weight is 227 g/mol. The molecular formula is C10H17N3O3. The van der Waals surface area contributed by atoms with Gasteiger partial charge in [-0.2, -0.15) is 0 Å². The van der Waals surface area contributed by atoms with Gasteiger partial charge in [0.05, 0.1) is 13.1 Å². The first-order valence-corrected chi connectivity index (χ1v) is 5.24. The first-order valence-electron chi connectivity index (χ1n) is 5.24. The van der Waals surface area contributed by atoms with Crippen LogP contribution in [0.4, 0.5) is 0 Å². The number of Topliss-reactive ketones (excluding diaryl/α,β-unsaturated/α-hetero) is 1. The summed E-state index contributed by atoms with van der Waals surface area (Å²) in [6.45, 7) is 3.50. The Balaban J connectivity index is 2.90. The zero-order valence-corrected chi connectivity index (χ0v) is 9.84. The summed E-state index contributed by atoms with van der Waals surface area (Å²) in [5, 5.41) is 3.02. The van der Waals surface area contributed by atoms with Crippen LogP contribution in [0, 0.1) is 0 Å². The molecule has 1 saturated heterocycles. The van der Waals surface area contributed by atoms with E-state index in [1.807, 2.05) is 6.92 Å². The normalized spacial score (nSPS) is 22.4. The van der Waals surface area contributed by atoms with Gasteiger partial charge >= 0.3 is 0 Å². The minimum Gasteiger partial charge on any atom is -0.312 e. The van der Waals surface area contributed by atoms with Crippen LogP contribution in [0.5, 0.6) is 0 Å². The minimum atomic E-state index is -0.354.